The summed E-state index contributed by atoms with van der Waals surface area (Å²) in [7, 11) is 0. The Hall–Kier alpha value is -1.52. The van der Waals surface area contributed by atoms with E-state index in [0.29, 0.717) is 5.92 Å². The number of hydrogen-bond donors (Lipinski definition) is 0. The molecule has 1 fully saturated rings. The van der Waals surface area contributed by atoms with Gasteiger partial charge in [0.1, 0.15) is 11.4 Å². The zero-order chi connectivity index (χ0) is 14.0. The highest BCUT2D eigenvalue weighted by Crippen LogP contribution is 2.22. The highest BCUT2D eigenvalue weighted by Gasteiger charge is 2.30. The Morgan fingerprint density at radius 2 is 2.32 bits per heavy atom. The van der Waals surface area contributed by atoms with Crippen LogP contribution >= 0.6 is 0 Å². The van der Waals surface area contributed by atoms with Crippen LogP contribution in [0.2, 0.25) is 0 Å². The van der Waals surface area contributed by atoms with Crippen LogP contribution < -0.4 is 0 Å². The summed E-state index contributed by atoms with van der Waals surface area (Å²) < 4.78 is 10.8. The fraction of sp³-hybridized carbons (Fsp3) is 0.714. The molecule has 1 aliphatic rings. The molecular formula is C14H22N2O3. The maximum atomic E-state index is 11.9. The number of hydrogen-bond acceptors (Lipinski definition) is 4. The van der Waals surface area contributed by atoms with Gasteiger partial charge in [0.15, 0.2) is 5.89 Å². The predicted octanol–water partition coefficient (Wildman–Crippen LogP) is 2.78. The van der Waals surface area contributed by atoms with E-state index in [0.717, 1.165) is 37.6 Å². The summed E-state index contributed by atoms with van der Waals surface area (Å²) >= 11 is 0. The first-order valence-electron chi connectivity index (χ1n) is 6.73. The van der Waals surface area contributed by atoms with Gasteiger partial charge in [-0.05, 0) is 40.0 Å². The Labute approximate surface area is 113 Å². The topological polar surface area (TPSA) is 55.6 Å². The Morgan fingerprint density at radius 1 is 1.58 bits per heavy atom. The number of ether oxygens (including phenoxy) is 1. The SMILES string of the molecule is Cc1cnc(CC2CCN(C(=O)OC(C)(C)C)C2)o1. The molecule has 5 heteroatoms. The summed E-state index contributed by atoms with van der Waals surface area (Å²) in [6, 6.07) is 0. The largest absolute Gasteiger partial charge is 0.446 e. The van der Waals surface area contributed by atoms with E-state index >= 15 is 0 Å². The molecule has 2 heterocycles. The van der Waals surface area contributed by atoms with Gasteiger partial charge in [-0.3, -0.25) is 0 Å². The summed E-state index contributed by atoms with van der Waals surface area (Å²) in [5.41, 5.74) is -0.436. The van der Waals surface area contributed by atoms with E-state index < -0.39 is 5.60 Å². The van der Waals surface area contributed by atoms with Gasteiger partial charge in [-0.1, -0.05) is 0 Å². The van der Waals surface area contributed by atoms with E-state index in [1.54, 1.807) is 11.1 Å². The lowest BCUT2D eigenvalue weighted by atomic mass is 10.1. The molecule has 0 saturated carbocycles. The minimum atomic E-state index is -0.436. The molecule has 0 bridgehead atoms. The van der Waals surface area contributed by atoms with Crippen LogP contribution in [0.25, 0.3) is 0 Å². The average molecular weight is 266 g/mol. The number of amides is 1. The van der Waals surface area contributed by atoms with Crippen LogP contribution in [0, 0.1) is 12.8 Å². The molecule has 1 aromatic heterocycles. The molecule has 1 unspecified atom stereocenters. The average Bonchev–Trinajstić information content (AvgIpc) is 2.86. The fourth-order valence-electron chi connectivity index (χ4n) is 2.23. The molecule has 0 aromatic carbocycles. The van der Waals surface area contributed by atoms with Crippen molar-refractivity contribution in [3.8, 4) is 0 Å². The van der Waals surface area contributed by atoms with Crippen LogP contribution in [0.3, 0.4) is 0 Å². The number of oxazole rings is 1. The third kappa shape index (κ3) is 3.98. The summed E-state index contributed by atoms with van der Waals surface area (Å²) in [5, 5.41) is 0. The van der Waals surface area contributed by atoms with Crippen molar-refractivity contribution in [1.82, 2.24) is 9.88 Å². The third-order valence-corrected chi connectivity index (χ3v) is 3.07. The molecule has 1 atom stereocenters. The number of carbonyl (C=O) groups is 1. The molecule has 1 aliphatic heterocycles. The van der Waals surface area contributed by atoms with Gasteiger partial charge in [-0.2, -0.15) is 0 Å². The predicted molar refractivity (Wildman–Crippen MR) is 70.9 cm³/mol. The zero-order valence-electron chi connectivity index (χ0n) is 12.1. The fourth-order valence-corrected chi connectivity index (χ4v) is 2.23. The number of carbonyl (C=O) groups excluding carboxylic acids is 1. The maximum absolute atomic E-state index is 11.9. The molecule has 0 spiro atoms. The maximum Gasteiger partial charge on any atom is 0.410 e. The second-order valence-electron chi connectivity index (χ2n) is 6.15. The van der Waals surface area contributed by atoms with Gasteiger partial charge in [0.05, 0.1) is 6.20 Å². The number of aromatic nitrogens is 1. The lowest BCUT2D eigenvalue weighted by Crippen LogP contribution is -2.35. The standard InChI is InChI=1S/C14H22N2O3/c1-10-8-15-12(18-10)7-11-5-6-16(9-11)13(17)19-14(2,3)4/h8,11H,5-7,9H2,1-4H3. The summed E-state index contributed by atoms with van der Waals surface area (Å²) in [5.74, 6) is 2.00. The Bertz CT molecular complexity index is 448. The Kier molecular flexibility index (Phi) is 3.83. The minimum Gasteiger partial charge on any atom is -0.446 e. The van der Waals surface area contributed by atoms with Crippen LogP contribution in [0.5, 0.6) is 0 Å². The Morgan fingerprint density at radius 3 is 2.89 bits per heavy atom. The van der Waals surface area contributed by atoms with Crippen molar-refractivity contribution in [1.29, 1.82) is 0 Å². The molecule has 106 valence electrons. The minimum absolute atomic E-state index is 0.224. The van der Waals surface area contributed by atoms with Gasteiger partial charge in [0.2, 0.25) is 0 Å². The molecule has 0 aliphatic carbocycles. The molecule has 0 N–H and O–H groups in total. The van der Waals surface area contributed by atoms with Gasteiger partial charge in [-0.25, -0.2) is 9.78 Å². The molecule has 2 rings (SSSR count). The van der Waals surface area contributed by atoms with Crippen LogP contribution in [-0.2, 0) is 11.2 Å². The molecule has 1 amide bonds. The van der Waals surface area contributed by atoms with Gasteiger partial charge in [0, 0.05) is 19.5 Å². The van der Waals surface area contributed by atoms with E-state index in [9.17, 15) is 4.79 Å². The second kappa shape index (κ2) is 5.23. The van der Waals surface area contributed by atoms with E-state index in [2.05, 4.69) is 4.98 Å². The molecule has 5 nitrogen and oxygen atoms in total. The molecule has 0 radical (unpaired) electrons. The van der Waals surface area contributed by atoms with Crippen molar-refractivity contribution in [3.05, 3.63) is 17.8 Å². The number of rotatable bonds is 2. The van der Waals surface area contributed by atoms with E-state index in [1.165, 1.54) is 0 Å². The first-order chi connectivity index (χ1) is 8.83. The summed E-state index contributed by atoms with van der Waals surface area (Å²) in [4.78, 5) is 17.9. The van der Waals surface area contributed by atoms with Crippen molar-refractivity contribution in [3.63, 3.8) is 0 Å². The first-order valence-corrected chi connectivity index (χ1v) is 6.73. The van der Waals surface area contributed by atoms with Gasteiger partial charge >= 0.3 is 6.09 Å². The van der Waals surface area contributed by atoms with Crippen LogP contribution in [-0.4, -0.2) is 34.7 Å². The Balaban J connectivity index is 1.84. The van der Waals surface area contributed by atoms with Gasteiger partial charge in [0.25, 0.3) is 0 Å². The first kappa shape index (κ1) is 13.9. The van der Waals surface area contributed by atoms with Crippen LogP contribution in [0.1, 0.15) is 38.8 Å². The molecule has 1 aromatic rings. The van der Waals surface area contributed by atoms with Gasteiger partial charge < -0.3 is 14.1 Å². The van der Waals surface area contributed by atoms with Crippen molar-refractivity contribution in [2.24, 2.45) is 5.92 Å². The molecular weight excluding hydrogens is 244 g/mol. The third-order valence-electron chi connectivity index (χ3n) is 3.07. The zero-order valence-corrected chi connectivity index (χ0v) is 12.1. The van der Waals surface area contributed by atoms with Crippen LogP contribution in [0.15, 0.2) is 10.6 Å². The lowest BCUT2D eigenvalue weighted by Gasteiger charge is -2.24. The highest BCUT2D eigenvalue weighted by atomic mass is 16.6. The number of likely N-dealkylation sites (tertiary alicyclic amines) is 1. The van der Waals surface area contributed by atoms with E-state index in [-0.39, 0.29) is 6.09 Å². The monoisotopic (exact) mass is 266 g/mol. The van der Waals surface area contributed by atoms with Crippen molar-refractivity contribution >= 4 is 6.09 Å². The lowest BCUT2D eigenvalue weighted by molar-refractivity contribution is 0.0287. The van der Waals surface area contributed by atoms with Crippen molar-refractivity contribution < 1.29 is 13.9 Å². The highest BCUT2D eigenvalue weighted by molar-refractivity contribution is 5.68. The number of aryl methyl sites for hydroxylation is 1. The summed E-state index contributed by atoms with van der Waals surface area (Å²) in [6.45, 7) is 9.00. The number of nitrogens with zero attached hydrogens (tertiary/aromatic N) is 2. The van der Waals surface area contributed by atoms with Crippen molar-refractivity contribution in [2.45, 2.75) is 46.1 Å². The van der Waals surface area contributed by atoms with Gasteiger partial charge in [-0.15, -0.1) is 0 Å². The van der Waals surface area contributed by atoms with Crippen LogP contribution in [0.4, 0.5) is 4.79 Å². The normalized spacial score (nSPS) is 19.8. The summed E-state index contributed by atoms with van der Waals surface area (Å²) in [6.07, 6.45) is 3.27. The second-order valence-corrected chi connectivity index (χ2v) is 6.15. The van der Waals surface area contributed by atoms with E-state index in [4.69, 9.17) is 9.15 Å². The molecule has 1 saturated heterocycles. The quantitative estimate of drug-likeness (QED) is 0.826. The molecule has 19 heavy (non-hydrogen) atoms. The van der Waals surface area contributed by atoms with E-state index in [1.807, 2.05) is 27.7 Å². The smallest absolute Gasteiger partial charge is 0.410 e. The van der Waals surface area contributed by atoms with Crippen molar-refractivity contribution in [2.75, 3.05) is 13.1 Å².